The maximum Gasteiger partial charge on any atom is 0.414 e. The second-order valence-corrected chi connectivity index (χ2v) is 5.96. The van der Waals surface area contributed by atoms with Gasteiger partial charge < -0.3 is 20.1 Å². The molecule has 1 fully saturated rings. The first kappa shape index (κ1) is 17.0. The van der Waals surface area contributed by atoms with Crippen molar-refractivity contribution in [3.8, 4) is 0 Å². The SMILES string of the molecule is CCCN1C(=O)Cc2cc(N3C[C@H](CNC(=O)O)OC3=O)cc(F)c21. The largest absolute Gasteiger partial charge is 0.465 e. The van der Waals surface area contributed by atoms with E-state index in [2.05, 4.69) is 5.32 Å². The van der Waals surface area contributed by atoms with Crippen molar-refractivity contribution < 1.29 is 28.6 Å². The monoisotopic (exact) mass is 351 g/mol. The van der Waals surface area contributed by atoms with E-state index in [0.29, 0.717) is 24.2 Å². The van der Waals surface area contributed by atoms with Crippen molar-refractivity contribution in [2.24, 2.45) is 0 Å². The van der Waals surface area contributed by atoms with Gasteiger partial charge in [0.1, 0.15) is 11.9 Å². The molecule has 0 radical (unpaired) electrons. The minimum Gasteiger partial charge on any atom is -0.465 e. The van der Waals surface area contributed by atoms with Crippen molar-refractivity contribution in [1.29, 1.82) is 0 Å². The highest BCUT2D eigenvalue weighted by Gasteiger charge is 2.36. The summed E-state index contributed by atoms with van der Waals surface area (Å²) >= 11 is 0. The standard InChI is InChI=1S/C16H18FN3O5/c1-2-3-19-13(21)5-9-4-10(6-12(17)14(9)19)20-8-11(25-16(20)24)7-18-15(22)23/h4,6,11,18H,2-3,5,7-8H2,1H3,(H,22,23)/t11-/m0/s1. The lowest BCUT2D eigenvalue weighted by molar-refractivity contribution is -0.117. The number of nitrogens with one attached hydrogen (secondary N) is 1. The number of fused-ring (bicyclic) bond motifs is 1. The summed E-state index contributed by atoms with van der Waals surface area (Å²) < 4.78 is 19.6. The fraction of sp³-hybridized carbons (Fsp3) is 0.438. The zero-order valence-corrected chi connectivity index (χ0v) is 13.6. The minimum absolute atomic E-state index is 0.0479. The molecule has 3 rings (SSSR count). The number of carboxylic acid groups (broad SMARTS) is 1. The molecule has 0 aliphatic carbocycles. The van der Waals surface area contributed by atoms with Crippen LogP contribution in [0.3, 0.4) is 0 Å². The summed E-state index contributed by atoms with van der Waals surface area (Å²) in [5.74, 6) is -0.729. The Bertz CT molecular complexity index is 739. The van der Waals surface area contributed by atoms with E-state index < -0.39 is 24.1 Å². The fourth-order valence-corrected chi connectivity index (χ4v) is 3.12. The maximum atomic E-state index is 14.6. The summed E-state index contributed by atoms with van der Waals surface area (Å²) in [7, 11) is 0. The van der Waals surface area contributed by atoms with Gasteiger partial charge >= 0.3 is 12.2 Å². The number of hydrogen-bond acceptors (Lipinski definition) is 4. The molecular weight excluding hydrogens is 333 g/mol. The van der Waals surface area contributed by atoms with Gasteiger partial charge in [0, 0.05) is 6.54 Å². The quantitative estimate of drug-likeness (QED) is 0.841. The van der Waals surface area contributed by atoms with Gasteiger partial charge in [0.25, 0.3) is 0 Å². The molecule has 1 saturated heterocycles. The number of ether oxygens (including phenoxy) is 1. The third-order valence-electron chi connectivity index (χ3n) is 4.15. The van der Waals surface area contributed by atoms with Crippen LogP contribution in [0.5, 0.6) is 0 Å². The molecule has 0 unspecified atom stereocenters. The first-order chi connectivity index (χ1) is 11.9. The molecule has 9 heteroatoms. The van der Waals surface area contributed by atoms with Crippen LogP contribution < -0.4 is 15.1 Å². The van der Waals surface area contributed by atoms with Gasteiger partial charge in [0.05, 0.1) is 30.9 Å². The number of anilines is 2. The summed E-state index contributed by atoms with van der Waals surface area (Å²) in [6.07, 6.45) is -1.74. The number of nitrogens with zero attached hydrogens (tertiary/aromatic N) is 2. The number of halogens is 1. The highest BCUT2D eigenvalue weighted by Crippen LogP contribution is 2.36. The second-order valence-electron chi connectivity index (χ2n) is 5.96. The molecule has 0 bridgehead atoms. The average Bonchev–Trinajstić information content (AvgIpc) is 3.06. The predicted molar refractivity (Wildman–Crippen MR) is 86.4 cm³/mol. The van der Waals surface area contributed by atoms with E-state index in [-0.39, 0.29) is 31.1 Å². The van der Waals surface area contributed by atoms with Crippen LogP contribution in [0.25, 0.3) is 0 Å². The van der Waals surface area contributed by atoms with E-state index in [1.54, 1.807) is 6.07 Å². The number of cyclic esters (lactones) is 1. The molecular formula is C16H18FN3O5. The Hall–Kier alpha value is -2.84. The van der Waals surface area contributed by atoms with Crippen LogP contribution in [0.4, 0.5) is 25.4 Å². The molecule has 1 aromatic rings. The summed E-state index contributed by atoms with van der Waals surface area (Å²) in [5.41, 5.74) is 1.10. The van der Waals surface area contributed by atoms with Gasteiger partial charge in [0.15, 0.2) is 0 Å². The van der Waals surface area contributed by atoms with Crippen molar-refractivity contribution in [2.45, 2.75) is 25.9 Å². The summed E-state index contributed by atoms with van der Waals surface area (Å²) in [5, 5.41) is 10.8. The Labute approximate surface area is 143 Å². The van der Waals surface area contributed by atoms with Gasteiger partial charge in [-0.3, -0.25) is 9.69 Å². The molecule has 0 saturated carbocycles. The topological polar surface area (TPSA) is 99.2 Å². The first-order valence-corrected chi connectivity index (χ1v) is 7.98. The van der Waals surface area contributed by atoms with Crippen molar-refractivity contribution in [1.82, 2.24) is 5.32 Å². The highest BCUT2D eigenvalue weighted by atomic mass is 19.1. The third-order valence-corrected chi connectivity index (χ3v) is 4.15. The number of carbonyl (C=O) groups excluding carboxylic acids is 2. The lowest BCUT2D eigenvalue weighted by Gasteiger charge is -2.19. The van der Waals surface area contributed by atoms with Gasteiger partial charge in [0.2, 0.25) is 5.91 Å². The van der Waals surface area contributed by atoms with Crippen molar-refractivity contribution >= 4 is 29.5 Å². The van der Waals surface area contributed by atoms with Crippen LogP contribution in [0.15, 0.2) is 12.1 Å². The zero-order chi connectivity index (χ0) is 18.1. The van der Waals surface area contributed by atoms with Crippen LogP contribution in [0.2, 0.25) is 0 Å². The molecule has 25 heavy (non-hydrogen) atoms. The number of hydrogen-bond donors (Lipinski definition) is 2. The lowest BCUT2D eigenvalue weighted by atomic mass is 10.1. The Morgan fingerprint density at radius 2 is 2.20 bits per heavy atom. The van der Waals surface area contributed by atoms with Crippen LogP contribution in [0.1, 0.15) is 18.9 Å². The molecule has 3 amide bonds. The van der Waals surface area contributed by atoms with Crippen LogP contribution in [-0.4, -0.2) is 48.9 Å². The van der Waals surface area contributed by atoms with E-state index in [4.69, 9.17) is 9.84 Å². The molecule has 2 heterocycles. The first-order valence-electron chi connectivity index (χ1n) is 7.98. The summed E-state index contributed by atoms with van der Waals surface area (Å²) in [6, 6.07) is 2.81. The molecule has 134 valence electrons. The Kier molecular flexibility index (Phi) is 4.47. The second kappa shape index (κ2) is 6.58. The number of benzene rings is 1. The normalized spacial score (nSPS) is 19.2. The van der Waals surface area contributed by atoms with Gasteiger partial charge in [-0.1, -0.05) is 6.92 Å². The highest BCUT2D eigenvalue weighted by molar-refractivity contribution is 6.02. The molecule has 1 aromatic carbocycles. The number of amides is 3. The van der Waals surface area contributed by atoms with Crippen molar-refractivity contribution in [3.05, 3.63) is 23.5 Å². The van der Waals surface area contributed by atoms with Crippen LogP contribution in [-0.2, 0) is 16.0 Å². The van der Waals surface area contributed by atoms with E-state index in [0.717, 1.165) is 0 Å². The smallest absolute Gasteiger partial charge is 0.414 e. The van der Waals surface area contributed by atoms with Gasteiger partial charge in [-0.05, 0) is 24.1 Å². The van der Waals surface area contributed by atoms with E-state index in [1.807, 2.05) is 6.92 Å². The van der Waals surface area contributed by atoms with Gasteiger partial charge in [-0.2, -0.15) is 0 Å². The average molecular weight is 351 g/mol. The van der Waals surface area contributed by atoms with E-state index in [9.17, 15) is 18.8 Å². The summed E-state index contributed by atoms with van der Waals surface area (Å²) in [6.45, 7) is 2.40. The zero-order valence-electron chi connectivity index (χ0n) is 13.6. The van der Waals surface area contributed by atoms with Gasteiger partial charge in [-0.15, -0.1) is 0 Å². The lowest BCUT2D eigenvalue weighted by Crippen LogP contribution is -2.33. The van der Waals surface area contributed by atoms with Crippen molar-refractivity contribution in [2.75, 3.05) is 29.4 Å². The number of rotatable bonds is 5. The minimum atomic E-state index is -1.22. The maximum absolute atomic E-state index is 14.6. The Balaban J connectivity index is 1.82. The van der Waals surface area contributed by atoms with E-state index >= 15 is 0 Å². The molecule has 2 aliphatic heterocycles. The third kappa shape index (κ3) is 3.21. The Morgan fingerprint density at radius 1 is 1.44 bits per heavy atom. The Morgan fingerprint density at radius 3 is 2.88 bits per heavy atom. The van der Waals surface area contributed by atoms with Crippen LogP contribution >= 0.6 is 0 Å². The van der Waals surface area contributed by atoms with Gasteiger partial charge in [-0.25, -0.2) is 14.0 Å². The molecule has 0 aromatic heterocycles. The van der Waals surface area contributed by atoms with Crippen LogP contribution in [0, 0.1) is 5.82 Å². The number of carbonyl (C=O) groups is 3. The molecule has 1 atom stereocenters. The molecule has 2 aliphatic rings. The molecule has 8 nitrogen and oxygen atoms in total. The molecule has 2 N–H and O–H groups in total. The molecule has 0 spiro atoms. The summed E-state index contributed by atoms with van der Waals surface area (Å²) in [4.78, 5) is 37.3. The van der Waals surface area contributed by atoms with E-state index in [1.165, 1.54) is 15.9 Å². The fourth-order valence-electron chi connectivity index (χ4n) is 3.12. The predicted octanol–water partition coefficient (Wildman–Crippen LogP) is 1.72. The van der Waals surface area contributed by atoms with Crippen molar-refractivity contribution in [3.63, 3.8) is 0 Å².